The molecule has 2 amide bonds. The van der Waals surface area contributed by atoms with Crippen molar-refractivity contribution in [3.8, 4) is 0 Å². The minimum atomic E-state index is 0.0190. The molecule has 2 aromatic carbocycles. The standard InChI is InChI=1S/C21H25N3O/c1-16-5-4-8-19(13-16)22-21(25)24-12-10-20(15-24)23-11-9-17-6-2-3-7-18(17)14-23/h2-8,13,20H,9-12,14-15H2,1H3,(H,22,25). The number of likely N-dealkylation sites (tertiary alicyclic amines) is 1. The third-order valence-electron chi connectivity index (χ3n) is 5.40. The summed E-state index contributed by atoms with van der Waals surface area (Å²) in [5.41, 5.74) is 4.95. The van der Waals surface area contributed by atoms with Crippen molar-refractivity contribution in [2.24, 2.45) is 0 Å². The number of nitrogens with zero attached hydrogens (tertiary/aromatic N) is 2. The highest BCUT2D eigenvalue weighted by atomic mass is 16.2. The smallest absolute Gasteiger partial charge is 0.321 e. The Kier molecular flexibility index (Phi) is 4.45. The molecular formula is C21H25N3O. The van der Waals surface area contributed by atoms with Crippen molar-refractivity contribution in [1.29, 1.82) is 0 Å². The topological polar surface area (TPSA) is 35.6 Å². The molecule has 2 aromatic rings. The molecule has 1 saturated heterocycles. The Balaban J connectivity index is 1.36. The lowest BCUT2D eigenvalue weighted by Gasteiger charge is -2.33. The van der Waals surface area contributed by atoms with Crippen molar-refractivity contribution >= 4 is 11.7 Å². The van der Waals surface area contributed by atoms with E-state index in [2.05, 4.69) is 34.5 Å². The highest BCUT2D eigenvalue weighted by Gasteiger charge is 2.32. The quantitative estimate of drug-likeness (QED) is 0.909. The summed E-state index contributed by atoms with van der Waals surface area (Å²) >= 11 is 0. The average Bonchev–Trinajstić information content (AvgIpc) is 3.12. The van der Waals surface area contributed by atoms with Crippen LogP contribution in [-0.2, 0) is 13.0 Å². The van der Waals surface area contributed by atoms with Crippen molar-refractivity contribution in [3.05, 3.63) is 65.2 Å². The molecule has 0 aliphatic carbocycles. The Morgan fingerprint density at radius 3 is 2.76 bits per heavy atom. The number of hydrogen-bond acceptors (Lipinski definition) is 2. The van der Waals surface area contributed by atoms with E-state index in [9.17, 15) is 4.79 Å². The first-order valence-electron chi connectivity index (χ1n) is 9.12. The van der Waals surface area contributed by atoms with Crippen LogP contribution in [0.1, 0.15) is 23.1 Å². The van der Waals surface area contributed by atoms with Gasteiger partial charge in [0.25, 0.3) is 0 Å². The van der Waals surface area contributed by atoms with Gasteiger partial charge in [-0.1, -0.05) is 36.4 Å². The Morgan fingerprint density at radius 1 is 1.08 bits per heavy atom. The van der Waals surface area contributed by atoms with E-state index in [1.165, 1.54) is 11.1 Å². The van der Waals surface area contributed by atoms with Gasteiger partial charge >= 0.3 is 6.03 Å². The van der Waals surface area contributed by atoms with Gasteiger partial charge in [0.1, 0.15) is 0 Å². The van der Waals surface area contributed by atoms with Crippen LogP contribution < -0.4 is 5.32 Å². The number of amides is 2. The number of carbonyl (C=O) groups is 1. The van der Waals surface area contributed by atoms with E-state index in [-0.39, 0.29) is 6.03 Å². The Morgan fingerprint density at radius 2 is 1.92 bits per heavy atom. The molecular weight excluding hydrogens is 310 g/mol. The predicted octanol–water partition coefficient (Wildman–Crippen LogP) is 3.66. The Hall–Kier alpha value is -2.33. The zero-order chi connectivity index (χ0) is 17.2. The molecule has 130 valence electrons. The van der Waals surface area contributed by atoms with E-state index in [0.717, 1.165) is 50.3 Å². The fraction of sp³-hybridized carbons (Fsp3) is 0.381. The maximum Gasteiger partial charge on any atom is 0.321 e. The molecule has 4 rings (SSSR count). The predicted molar refractivity (Wildman–Crippen MR) is 101 cm³/mol. The number of hydrogen-bond donors (Lipinski definition) is 1. The van der Waals surface area contributed by atoms with Gasteiger partial charge < -0.3 is 10.2 Å². The number of anilines is 1. The number of urea groups is 1. The molecule has 0 aromatic heterocycles. The van der Waals surface area contributed by atoms with Crippen LogP contribution in [0, 0.1) is 6.92 Å². The van der Waals surface area contributed by atoms with E-state index < -0.39 is 0 Å². The summed E-state index contributed by atoms with van der Waals surface area (Å²) in [5, 5.41) is 3.03. The maximum absolute atomic E-state index is 12.5. The van der Waals surface area contributed by atoms with Crippen LogP contribution in [0.25, 0.3) is 0 Å². The van der Waals surface area contributed by atoms with Gasteiger partial charge in [0, 0.05) is 37.9 Å². The van der Waals surface area contributed by atoms with Crippen LogP contribution in [0.5, 0.6) is 0 Å². The average molecular weight is 335 g/mol. The molecule has 2 heterocycles. The van der Waals surface area contributed by atoms with Crippen molar-refractivity contribution in [2.75, 3.05) is 25.0 Å². The first-order valence-corrected chi connectivity index (χ1v) is 9.12. The summed E-state index contributed by atoms with van der Waals surface area (Å²) < 4.78 is 0. The molecule has 1 N–H and O–H groups in total. The van der Waals surface area contributed by atoms with Gasteiger partial charge in [-0.05, 0) is 48.6 Å². The van der Waals surface area contributed by atoms with Crippen molar-refractivity contribution in [3.63, 3.8) is 0 Å². The van der Waals surface area contributed by atoms with E-state index >= 15 is 0 Å². The van der Waals surface area contributed by atoms with Gasteiger partial charge in [-0.2, -0.15) is 0 Å². The van der Waals surface area contributed by atoms with E-state index in [0.29, 0.717) is 6.04 Å². The molecule has 0 radical (unpaired) electrons. The summed E-state index contributed by atoms with van der Waals surface area (Å²) in [6.07, 6.45) is 2.17. The third-order valence-corrected chi connectivity index (χ3v) is 5.40. The van der Waals surface area contributed by atoms with Crippen LogP contribution in [0.15, 0.2) is 48.5 Å². The minimum absolute atomic E-state index is 0.0190. The van der Waals surface area contributed by atoms with E-state index in [1.807, 2.05) is 36.1 Å². The second-order valence-corrected chi connectivity index (χ2v) is 7.18. The number of benzene rings is 2. The van der Waals surface area contributed by atoms with E-state index in [4.69, 9.17) is 0 Å². The molecule has 1 fully saturated rings. The second kappa shape index (κ2) is 6.89. The van der Waals surface area contributed by atoms with Gasteiger partial charge in [-0.15, -0.1) is 0 Å². The lowest BCUT2D eigenvalue weighted by molar-refractivity contribution is 0.177. The van der Waals surface area contributed by atoms with Gasteiger partial charge in [0.2, 0.25) is 0 Å². The number of carbonyl (C=O) groups excluding carboxylic acids is 1. The number of nitrogens with one attached hydrogen (secondary N) is 1. The number of aryl methyl sites for hydroxylation is 1. The lowest BCUT2D eigenvalue weighted by Crippen LogP contribution is -2.42. The zero-order valence-corrected chi connectivity index (χ0v) is 14.7. The summed E-state index contributed by atoms with van der Waals surface area (Å²) in [4.78, 5) is 17.0. The molecule has 1 atom stereocenters. The highest BCUT2D eigenvalue weighted by molar-refractivity contribution is 5.89. The first-order chi connectivity index (χ1) is 12.2. The molecule has 2 aliphatic rings. The Labute approximate surface area is 149 Å². The van der Waals surface area contributed by atoms with Crippen molar-refractivity contribution in [2.45, 2.75) is 32.4 Å². The normalized spacial score (nSPS) is 20.4. The fourth-order valence-electron chi connectivity index (χ4n) is 3.98. The van der Waals surface area contributed by atoms with Crippen molar-refractivity contribution < 1.29 is 4.79 Å². The van der Waals surface area contributed by atoms with Crippen LogP contribution in [0.3, 0.4) is 0 Å². The molecule has 0 saturated carbocycles. The Bertz CT molecular complexity index is 773. The highest BCUT2D eigenvalue weighted by Crippen LogP contribution is 2.25. The van der Waals surface area contributed by atoms with Crippen molar-refractivity contribution in [1.82, 2.24) is 9.80 Å². The molecule has 25 heavy (non-hydrogen) atoms. The number of fused-ring (bicyclic) bond motifs is 1. The third kappa shape index (κ3) is 3.54. The van der Waals surface area contributed by atoms with Gasteiger partial charge in [0.05, 0.1) is 0 Å². The summed E-state index contributed by atoms with van der Waals surface area (Å²) in [7, 11) is 0. The largest absolute Gasteiger partial charge is 0.323 e. The molecule has 1 unspecified atom stereocenters. The molecule has 4 heteroatoms. The molecule has 4 nitrogen and oxygen atoms in total. The molecule has 2 aliphatic heterocycles. The first kappa shape index (κ1) is 16.2. The van der Waals surface area contributed by atoms with Crippen LogP contribution in [-0.4, -0.2) is 41.5 Å². The zero-order valence-electron chi connectivity index (χ0n) is 14.7. The molecule has 0 spiro atoms. The lowest BCUT2D eigenvalue weighted by atomic mass is 9.98. The van der Waals surface area contributed by atoms with Gasteiger partial charge in [-0.25, -0.2) is 4.79 Å². The SMILES string of the molecule is Cc1cccc(NC(=O)N2CCC(N3CCc4ccccc4C3)C2)c1. The van der Waals surface area contributed by atoms with Crippen LogP contribution in [0.2, 0.25) is 0 Å². The minimum Gasteiger partial charge on any atom is -0.323 e. The second-order valence-electron chi connectivity index (χ2n) is 7.18. The monoisotopic (exact) mass is 335 g/mol. The van der Waals surface area contributed by atoms with Crippen LogP contribution in [0.4, 0.5) is 10.5 Å². The van der Waals surface area contributed by atoms with E-state index in [1.54, 1.807) is 0 Å². The van der Waals surface area contributed by atoms with Gasteiger partial charge in [0.15, 0.2) is 0 Å². The summed E-state index contributed by atoms with van der Waals surface area (Å²) in [5.74, 6) is 0. The molecule has 0 bridgehead atoms. The maximum atomic E-state index is 12.5. The summed E-state index contributed by atoms with van der Waals surface area (Å²) in [6, 6.07) is 17.2. The summed E-state index contributed by atoms with van der Waals surface area (Å²) in [6.45, 7) is 5.79. The van der Waals surface area contributed by atoms with Crippen LogP contribution >= 0.6 is 0 Å². The number of rotatable bonds is 2. The fourth-order valence-corrected chi connectivity index (χ4v) is 3.98. The van der Waals surface area contributed by atoms with Gasteiger partial charge in [-0.3, -0.25) is 4.90 Å².